The molecule has 7 heteroatoms. The highest BCUT2D eigenvalue weighted by molar-refractivity contribution is 7.80. The molecule has 3 amide bonds. The van der Waals surface area contributed by atoms with Crippen molar-refractivity contribution in [2.75, 3.05) is 11.9 Å². The minimum atomic E-state index is -0.279. The molecule has 0 fully saturated rings. The van der Waals surface area contributed by atoms with E-state index >= 15 is 0 Å². The van der Waals surface area contributed by atoms with Crippen molar-refractivity contribution in [3.05, 3.63) is 35.9 Å². The van der Waals surface area contributed by atoms with Crippen LogP contribution in [0.5, 0.6) is 0 Å². The third kappa shape index (κ3) is 4.79. The summed E-state index contributed by atoms with van der Waals surface area (Å²) in [5.74, 6) is -0.685. The van der Waals surface area contributed by atoms with Gasteiger partial charge in [-0.05, 0) is 31.0 Å². The Balaban J connectivity index is 1.66. The van der Waals surface area contributed by atoms with Gasteiger partial charge in [0.15, 0.2) is 6.29 Å². The van der Waals surface area contributed by atoms with Crippen molar-refractivity contribution >= 4 is 42.3 Å². The molecule has 0 saturated carbocycles. The lowest BCUT2D eigenvalue weighted by Crippen LogP contribution is -2.30. The zero-order chi connectivity index (χ0) is 17.5. The van der Waals surface area contributed by atoms with Crippen molar-refractivity contribution in [1.82, 2.24) is 4.90 Å². The van der Waals surface area contributed by atoms with Crippen LogP contribution in [0, 0.1) is 0 Å². The summed E-state index contributed by atoms with van der Waals surface area (Å²) >= 11 is 4.18. The molecule has 1 aliphatic rings. The molecule has 2 rings (SSSR count). The normalized spacial score (nSPS) is 13.5. The Kier molecular flexibility index (Phi) is 6.31. The number of hydrogen-bond acceptors (Lipinski definition) is 5. The van der Waals surface area contributed by atoms with Crippen LogP contribution in [-0.2, 0) is 14.4 Å². The second-order valence-corrected chi connectivity index (χ2v) is 5.89. The Hall–Kier alpha value is -2.41. The smallest absolute Gasteiger partial charge is 0.253 e. The largest absolute Gasteiger partial charge is 0.326 e. The molecule has 1 aromatic rings. The molecule has 0 bridgehead atoms. The molecule has 0 unspecified atom stereocenters. The van der Waals surface area contributed by atoms with E-state index in [0.717, 1.165) is 6.42 Å². The van der Waals surface area contributed by atoms with Gasteiger partial charge in [0.1, 0.15) is 0 Å². The lowest BCUT2D eigenvalue weighted by molar-refractivity contribution is -0.136. The molecule has 0 radical (unpaired) electrons. The lowest BCUT2D eigenvalue weighted by atomic mass is 10.1. The van der Waals surface area contributed by atoms with Crippen molar-refractivity contribution in [3.8, 4) is 0 Å². The molecule has 1 aromatic carbocycles. The Labute approximate surface area is 145 Å². The predicted molar refractivity (Wildman–Crippen MR) is 92.0 cm³/mol. The van der Waals surface area contributed by atoms with Gasteiger partial charge in [0.25, 0.3) is 11.8 Å². The van der Waals surface area contributed by atoms with Crippen molar-refractivity contribution in [1.29, 1.82) is 0 Å². The van der Waals surface area contributed by atoms with Crippen LogP contribution in [0.15, 0.2) is 35.2 Å². The fourth-order valence-electron chi connectivity index (χ4n) is 2.33. The molecule has 0 aliphatic carbocycles. The Morgan fingerprint density at radius 3 is 2.46 bits per heavy atom. The van der Waals surface area contributed by atoms with E-state index in [9.17, 15) is 19.2 Å². The SMILES string of the molecule is O=Cc1ccc(NC(=O)CCCCCN2C(=O)C=CC2=O)cc1S. The van der Waals surface area contributed by atoms with E-state index in [1.807, 2.05) is 0 Å². The van der Waals surface area contributed by atoms with Gasteiger partial charge >= 0.3 is 0 Å². The molecule has 0 spiro atoms. The standard InChI is InChI=1S/C17H18N2O4S/c20-11-12-5-6-13(10-14(12)24)18-15(21)4-2-1-3-9-19-16(22)7-8-17(19)23/h5-8,10-11,24H,1-4,9H2,(H,18,21). The van der Waals surface area contributed by atoms with Crippen LogP contribution in [0.25, 0.3) is 0 Å². The van der Waals surface area contributed by atoms with E-state index in [2.05, 4.69) is 17.9 Å². The van der Waals surface area contributed by atoms with Crippen molar-refractivity contribution in [2.24, 2.45) is 0 Å². The number of amides is 3. The summed E-state index contributed by atoms with van der Waals surface area (Å²) in [4.78, 5) is 47.0. The van der Waals surface area contributed by atoms with E-state index in [-0.39, 0.29) is 17.7 Å². The maximum absolute atomic E-state index is 11.9. The average Bonchev–Trinajstić information content (AvgIpc) is 2.86. The lowest BCUT2D eigenvalue weighted by Gasteiger charge is -2.13. The van der Waals surface area contributed by atoms with E-state index in [0.29, 0.717) is 48.2 Å². The Morgan fingerprint density at radius 2 is 1.83 bits per heavy atom. The number of thiol groups is 1. The average molecular weight is 346 g/mol. The Bertz CT molecular complexity index is 682. The van der Waals surface area contributed by atoms with Gasteiger partial charge in [-0.1, -0.05) is 6.42 Å². The van der Waals surface area contributed by atoms with Gasteiger partial charge in [0.2, 0.25) is 5.91 Å². The first-order valence-electron chi connectivity index (χ1n) is 7.63. The van der Waals surface area contributed by atoms with Crippen LogP contribution < -0.4 is 5.32 Å². The van der Waals surface area contributed by atoms with Gasteiger partial charge in [-0.3, -0.25) is 24.1 Å². The van der Waals surface area contributed by atoms with Crippen molar-refractivity contribution in [2.45, 2.75) is 30.6 Å². The van der Waals surface area contributed by atoms with Crippen molar-refractivity contribution in [3.63, 3.8) is 0 Å². The molecule has 0 saturated heterocycles. The third-order valence-corrected chi connectivity index (χ3v) is 4.01. The molecule has 126 valence electrons. The number of imide groups is 1. The maximum atomic E-state index is 11.9. The van der Waals surface area contributed by atoms with Crippen LogP contribution in [0.1, 0.15) is 36.0 Å². The van der Waals surface area contributed by atoms with Gasteiger partial charge in [0, 0.05) is 41.3 Å². The first-order chi connectivity index (χ1) is 11.5. The zero-order valence-electron chi connectivity index (χ0n) is 13.0. The number of carbonyl (C=O) groups excluding carboxylic acids is 4. The number of nitrogens with zero attached hydrogens (tertiary/aromatic N) is 1. The first-order valence-corrected chi connectivity index (χ1v) is 8.07. The summed E-state index contributed by atoms with van der Waals surface area (Å²) < 4.78 is 0. The second kappa shape index (κ2) is 8.44. The molecular weight excluding hydrogens is 328 g/mol. The van der Waals surface area contributed by atoms with E-state index in [1.165, 1.54) is 17.1 Å². The van der Waals surface area contributed by atoms with E-state index < -0.39 is 0 Å². The number of aldehydes is 1. The van der Waals surface area contributed by atoms with Crippen LogP contribution in [-0.4, -0.2) is 35.5 Å². The quantitative estimate of drug-likeness (QED) is 0.327. The van der Waals surface area contributed by atoms with Gasteiger partial charge in [-0.2, -0.15) is 0 Å². The molecule has 0 atom stereocenters. The first kappa shape index (κ1) is 17.9. The fourth-order valence-corrected chi connectivity index (χ4v) is 2.59. The fraction of sp³-hybridized carbons (Fsp3) is 0.294. The van der Waals surface area contributed by atoms with Gasteiger partial charge in [-0.25, -0.2) is 0 Å². The highest BCUT2D eigenvalue weighted by Crippen LogP contribution is 2.18. The number of carbonyl (C=O) groups is 4. The van der Waals surface area contributed by atoms with Crippen LogP contribution in [0.3, 0.4) is 0 Å². The number of benzene rings is 1. The molecule has 1 aliphatic heterocycles. The molecule has 24 heavy (non-hydrogen) atoms. The minimum absolute atomic E-state index is 0.128. The van der Waals surface area contributed by atoms with Gasteiger partial charge < -0.3 is 5.32 Å². The van der Waals surface area contributed by atoms with E-state index in [4.69, 9.17) is 0 Å². The van der Waals surface area contributed by atoms with Crippen LogP contribution in [0.2, 0.25) is 0 Å². The predicted octanol–water partition coefficient (Wildman–Crippen LogP) is 2.21. The molecule has 6 nitrogen and oxygen atoms in total. The molecular formula is C17H18N2O4S. The highest BCUT2D eigenvalue weighted by atomic mass is 32.1. The summed E-state index contributed by atoms with van der Waals surface area (Å²) in [6.45, 7) is 0.377. The summed E-state index contributed by atoms with van der Waals surface area (Å²) in [7, 11) is 0. The van der Waals surface area contributed by atoms with Crippen molar-refractivity contribution < 1.29 is 19.2 Å². The van der Waals surface area contributed by atoms with Gasteiger partial charge in [0.05, 0.1) is 0 Å². The topological polar surface area (TPSA) is 83.6 Å². The van der Waals surface area contributed by atoms with E-state index in [1.54, 1.807) is 18.2 Å². The Morgan fingerprint density at radius 1 is 1.12 bits per heavy atom. The number of rotatable bonds is 8. The number of nitrogens with one attached hydrogen (secondary N) is 1. The number of anilines is 1. The summed E-state index contributed by atoms with van der Waals surface area (Å²) in [6, 6.07) is 4.88. The zero-order valence-corrected chi connectivity index (χ0v) is 13.9. The number of unbranched alkanes of at least 4 members (excludes halogenated alkanes) is 2. The third-order valence-electron chi connectivity index (χ3n) is 3.63. The van der Waals surface area contributed by atoms with Gasteiger partial charge in [-0.15, -0.1) is 12.6 Å². The monoisotopic (exact) mass is 346 g/mol. The summed E-state index contributed by atoms with van der Waals surface area (Å²) in [6.07, 6.45) is 5.66. The molecule has 0 aromatic heterocycles. The number of hydrogen-bond donors (Lipinski definition) is 2. The summed E-state index contributed by atoms with van der Waals surface area (Å²) in [5, 5.41) is 2.75. The second-order valence-electron chi connectivity index (χ2n) is 5.41. The molecule has 1 heterocycles. The van der Waals surface area contributed by atoms with Crippen LogP contribution >= 0.6 is 12.6 Å². The maximum Gasteiger partial charge on any atom is 0.253 e. The summed E-state index contributed by atoms with van der Waals surface area (Å²) in [5.41, 5.74) is 1.06. The highest BCUT2D eigenvalue weighted by Gasteiger charge is 2.22. The molecule has 1 N–H and O–H groups in total. The van der Waals surface area contributed by atoms with Crippen LogP contribution in [0.4, 0.5) is 5.69 Å². The minimum Gasteiger partial charge on any atom is -0.326 e.